The Labute approximate surface area is 481 Å². The summed E-state index contributed by atoms with van der Waals surface area (Å²) in [6.45, 7) is 4.95. The second kappa shape index (κ2) is 66.6. The minimum absolute atomic E-state index is 0.00329. The van der Waals surface area contributed by atoms with Gasteiger partial charge in [-0.1, -0.05) is 320 Å². The Balaban J connectivity index is 3.39. The molecule has 0 spiro atoms. The summed E-state index contributed by atoms with van der Waals surface area (Å²) in [5.41, 5.74) is 0. The monoisotopic (exact) mass is 1080 g/mol. The molecule has 0 heterocycles. The Morgan fingerprint density at radius 1 is 0.364 bits per heavy atom. The average molecular weight is 1080 g/mol. The summed E-state index contributed by atoms with van der Waals surface area (Å²) in [6, 6.07) is -0.541. The second-order valence-corrected chi connectivity index (χ2v) is 23.9. The molecular formula is C71H135NO5. The lowest BCUT2D eigenvalue weighted by molar-refractivity contribution is -0.143. The van der Waals surface area contributed by atoms with Gasteiger partial charge in [-0.3, -0.25) is 9.59 Å². The first-order chi connectivity index (χ1) is 38.0. The van der Waals surface area contributed by atoms with Gasteiger partial charge in [-0.15, -0.1) is 0 Å². The Hall–Kier alpha value is -1.92. The molecular weight excluding hydrogens is 947 g/mol. The van der Waals surface area contributed by atoms with Gasteiger partial charge in [-0.25, -0.2) is 0 Å². The van der Waals surface area contributed by atoms with Crippen molar-refractivity contribution in [3.8, 4) is 0 Å². The Morgan fingerprint density at radius 2 is 0.649 bits per heavy atom. The van der Waals surface area contributed by atoms with E-state index in [1.807, 2.05) is 0 Å². The zero-order valence-corrected chi connectivity index (χ0v) is 52.0. The van der Waals surface area contributed by atoms with Crippen LogP contribution in [0.5, 0.6) is 0 Å². The van der Waals surface area contributed by atoms with Crippen LogP contribution in [0.4, 0.5) is 0 Å². The second-order valence-electron chi connectivity index (χ2n) is 23.9. The maximum absolute atomic E-state index is 12.5. The van der Waals surface area contributed by atoms with E-state index >= 15 is 0 Å². The van der Waals surface area contributed by atoms with Gasteiger partial charge in [0.2, 0.25) is 5.91 Å². The molecule has 0 aliphatic rings. The Bertz CT molecular complexity index is 1250. The van der Waals surface area contributed by atoms with Crippen molar-refractivity contribution < 1.29 is 24.5 Å². The number of rotatable bonds is 65. The normalized spacial score (nSPS) is 12.7. The molecule has 454 valence electrons. The van der Waals surface area contributed by atoms with Crippen LogP contribution < -0.4 is 5.32 Å². The first-order valence-corrected chi connectivity index (χ1v) is 34.7. The van der Waals surface area contributed by atoms with E-state index in [9.17, 15) is 19.8 Å². The zero-order valence-electron chi connectivity index (χ0n) is 52.0. The van der Waals surface area contributed by atoms with Crippen molar-refractivity contribution >= 4 is 11.9 Å². The third-order valence-electron chi connectivity index (χ3n) is 16.2. The predicted molar refractivity (Wildman–Crippen MR) is 338 cm³/mol. The van der Waals surface area contributed by atoms with E-state index in [0.29, 0.717) is 25.9 Å². The lowest BCUT2D eigenvalue weighted by atomic mass is 10.0. The third-order valence-corrected chi connectivity index (χ3v) is 16.2. The summed E-state index contributed by atoms with van der Waals surface area (Å²) in [6.07, 6.45) is 84.8. The summed E-state index contributed by atoms with van der Waals surface area (Å²) in [7, 11) is 0. The number of nitrogens with one attached hydrogen (secondary N) is 1. The van der Waals surface area contributed by atoms with Crippen molar-refractivity contribution in [1.29, 1.82) is 0 Å². The number of carbonyl (C=O) groups excluding carboxylic acids is 2. The summed E-state index contributed by atoms with van der Waals surface area (Å²) < 4.78 is 5.47. The molecule has 0 saturated carbocycles. The molecule has 1 amide bonds. The van der Waals surface area contributed by atoms with Crippen molar-refractivity contribution in [1.82, 2.24) is 5.32 Å². The van der Waals surface area contributed by atoms with Crippen molar-refractivity contribution in [3.05, 3.63) is 36.5 Å². The van der Waals surface area contributed by atoms with Crippen LogP contribution in [0.1, 0.15) is 380 Å². The molecule has 0 aromatic heterocycles. The van der Waals surface area contributed by atoms with Gasteiger partial charge >= 0.3 is 5.97 Å². The first kappa shape index (κ1) is 75.1. The highest BCUT2D eigenvalue weighted by Crippen LogP contribution is 2.18. The van der Waals surface area contributed by atoms with Crippen LogP contribution in [0.15, 0.2) is 36.5 Å². The van der Waals surface area contributed by atoms with Crippen LogP contribution in [0.25, 0.3) is 0 Å². The highest BCUT2D eigenvalue weighted by atomic mass is 16.5. The number of ether oxygens (including phenoxy) is 1. The summed E-state index contributed by atoms with van der Waals surface area (Å²) in [4.78, 5) is 24.5. The third kappa shape index (κ3) is 63.1. The van der Waals surface area contributed by atoms with Gasteiger partial charge in [0.1, 0.15) is 0 Å². The Morgan fingerprint density at radius 3 is 1.03 bits per heavy atom. The van der Waals surface area contributed by atoms with Gasteiger partial charge in [0.15, 0.2) is 0 Å². The molecule has 3 N–H and O–H groups in total. The molecule has 6 nitrogen and oxygen atoms in total. The fourth-order valence-corrected chi connectivity index (χ4v) is 10.8. The molecule has 0 aromatic carbocycles. The molecule has 2 atom stereocenters. The van der Waals surface area contributed by atoms with Crippen molar-refractivity contribution in [3.63, 3.8) is 0 Å². The minimum Gasteiger partial charge on any atom is -0.466 e. The molecule has 2 unspecified atom stereocenters. The quantitative estimate of drug-likeness (QED) is 0.0320. The maximum Gasteiger partial charge on any atom is 0.305 e. The summed E-state index contributed by atoms with van der Waals surface area (Å²) >= 11 is 0. The topological polar surface area (TPSA) is 95.9 Å². The number of hydrogen-bond donors (Lipinski definition) is 3. The van der Waals surface area contributed by atoms with Crippen molar-refractivity contribution in [2.24, 2.45) is 0 Å². The lowest BCUT2D eigenvalue weighted by Crippen LogP contribution is -2.45. The highest BCUT2D eigenvalue weighted by molar-refractivity contribution is 5.76. The largest absolute Gasteiger partial charge is 0.466 e. The van der Waals surface area contributed by atoms with E-state index in [1.54, 1.807) is 0 Å². The molecule has 0 saturated heterocycles. The van der Waals surface area contributed by atoms with Gasteiger partial charge in [0, 0.05) is 12.8 Å². The summed E-state index contributed by atoms with van der Waals surface area (Å²) in [5, 5.41) is 23.4. The van der Waals surface area contributed by atoms with Crippen molar-refractivity contribution in [2.75, 3.05) is 13.2 Å². The number of carbonyl (C=O) groups is 2. The van der Waals surface area contributed by atoms with E-state index in [0.717, 1.165) is 51.4 Å². The van der Waals surface area contributed by atoms with Gasteiger partial charge in [-0.2, -0.15) is 0 Å². The fourth-order valence-electron chi connectivity index (χ4n) is 10.8. The minimum atomic E-state index is -0.664. The fraction of sp³-hybridized carbons (Fsp3) is 0.887. The molecule has 0 fully saturated rings. The molecule has 0 bridgehead atoms. The molecule has 6 heteroatoms. The number of unbranched alkanes of at least 4 members (excludes halogenated alkanes) is 48. The van der Waals surface area contributed by atoms with Gasteiger partial charge in [0.25, 0.3) is 0 Å². The highest BCUT2D eigenvalue weighted by Gasteiger charge is 2.20. The maximum atomic E-state index is 12.5. The van der Waals surface area contributed by atoms with E-state index in [4.69, 9.17) is 4.74 Å². The lowest BCUT2D eigenvalue weighted by Gasteiger charge is -2.22. The van der Waals surface area contributed by atoms with Gasteiger partial charge < -0.3 is 20.3 Å². The first-order valence-electron chi connectivity index (χ1n) is 34.7. The van der Waals surface area contributed by atoms with E-state index in [1.165, 1.54) is 295 Å². The number of allylic oxidation sites excluding steroid dienone is 6. The van der Waals surface area contributed by atoms with Gasteiger partial charge in [-0.05, 0) is 83.5 Å². The smallest absolute Gasteiger partial charge is 0.305 e. The molecule has 77 heavy (non-hydrogen) atoms. The number of amides is 1. The van der Waals surface area contributed by atoms with Crippen LogP contribution in [-0.4, -0.2) is 47.4 Å². The SMILES string of the molecule is CCCCC/C=C\CCCCCCCC(=O)OCCCCCCCCCCC/C=C\C/C=C\CCCCCCCCCCCCCCCCCC(=O)NC(CO)C(O)CCCCCCCCCCCCCCCCCCC. The van der Waals surface area contributed by atoms with Crippen LogP contribution in [-0.2, 0) is 14.3 Å². The standard InChI is InChI=1S/C71H135NO5/c1-3-5-7-9-11-13-15-17-18-34-37-40-43-47-51-55-59-63-69(74)68(67-73)72-70(75)64-60-56-52-48-44-41-38-35-32-30-28-26-24-22-20-19-21-23-25-27-29-31-33-36-39-42-46-50-54-58-62-66-77-71(76)65-61-57-53-49-45-16-14-12-10-8-6-4-2/h12,14,21,23,27,29,68-69,73-74H,3-11,13,15-20,22,24-26,28,30-67H2,1-2H3,(H,72,75)/b14-12-,23-21-,29-27-. The molecule has 0 rings (SSSR count). The molecule has 0 aliphatic carbocycles. The van der Waals surface area contributed by atoms with Crippen molar-refractivity contribution in [2.45, 2.75) is 392 Å². The number of aliphatic hydroxyl groups excluding tert-OH is 2. The van der Waals surface area contributed by atoms with Crippen LogP contribution in [0, 0.1) is 0 Å². The van der Waals surface area contributed by atoms with Crippen LogP contribution in [0.2, 0.25) is 0 Å². The average Bonchev–Trinajstić information content (AvgIpc) is 3.43. The van der Waals surface area contributed by atoms with E-state index < -0.39 is 12.1 Å². The van der Waals surface area contributed by atoms with E-state index in [-0.39, 0.29) is 18.5 Å². The molecule has 0 aromatic rings. The predicted octanol–water partition coefficient (Wildman–Crippen LogP) is 22.3. The molecule has 0 aliphatic heterocycles. The number of esters is 1. The van der Waals surface area contributed by atoms with Gasteiger partial charge in [0.05, 0.1) is 25.4 Å². The zero-order chi connectivity index (χ0) is 55.7. The molecule has 0 radical (unpaired) electrons. The summed E-state index contributed by atoms with van der Waals surface area (Å²) in [5.74, 6) is -0.0280. The number of hydrogen-bond acceptors (Lipinski definition) is 5. The Kier molecular flexibility index (Phi) is 64.9. The van der Waals surface area contributed by atoms with Crippen LogP contribution in [0.3, 0.4) is 0 Å². The van der Waals surface area contributed by atoms with Crippen LogP contribution >= 0.6 is 0 Å². The number of aliphatic hydroxyl groups is 2. The van der Waals surface area contributed by atoms with E-state index in [2.05, 4.69) is 55.6 Å².